The first-order valence-corrected chi connectivity index (χ1v) is 9.93. The van der Waals surface area contributed by atoms with Crippen molar-refractivity contribution < 1.29 is 13.2 Å². The minimum atomic E-state index is -3.72. The molecule has 0 bridgehead atoms. The number of primary sulfonamides is 1. The van der Waals surface area contributed by atoms with Crippen LogP contribution in [0, 0.1) is 0 Å². The molecule has 0 radical (unpaired) electrons. The van der Waals surface area contributed by atoms with Crippen LogP contribution in [0.2, 0.25) is 0 Å². The summed E-state index contributed by atoms with van der Waals surface area (Å²) < 4.78 is 22.6. The lowest BCUT2D eigenvalue weighted by molar-refractivity contribution is -0.126. The number of rotatable bonds is 6. The van der Waals surface area contributed by atoms with Gasteiger partial charge >= 0.3 is 0 Å². The maximum Gasteiger partial charge on any atom is 0.246 e. The predicted molar refractivity (Wildman–Crippen MR) is 104 cm³/mol. The SMILES string of the molecule is CCc1ccc(/C=C/C(=O)N(C)[C@H](C)c2ccc(S(N)(=O)=O)cc2)cc1. The molecule has 2 aromatic rings. The Bertz CT molecular complexity index is 886. The van der Waals surface area contributed by atoms with Gasteiger partial charge in [-0.05, 0) is 48.2 Å². The van der Waals surface area contributed by atoms with Crippen LogP contribution >= 0.6 is 0 Å². The number of carbonyl (C=O) groups is 1. The van der Waals surface area contributed by atoms with E-state index in [-0.39, 0.29) is 16.8 Å². The third-order valence-corrected chi connectivity index (χ3v) is 5.36. The van der Waals surface area contributed by atoms with Crippen molar-refractivity contribution in [2.24, 2.45) is 5.14 Å². The molecule has 1 atom stereocenters. The van der Waals surface area contributed by atoms with Crippen LogP contribution in [-0.2, 0) is 21.2 Å². The molecule has 0 saturated carbocycles. The van der Waals surface area contributed by atoms with Gasteiger partial charge in [0.15, 0.2) is 0 Å². The third kappa shape index (κ3) is 5.03. The van der Waals surface area contributed by atoms with Crippen LogP contribution in [0.4, 0.5) is 0 Å². The number of benzene rings is 2. The monoisotopic (exact) mass is 372 g/mol. The fourth-order valence-corrected chi connectivity index (χ4v) is 3.02. The molecule has 2 N–H and O–H groups in total. The second-order valence-electron chi connectivity index (χ2n) is 6.17. The summed E-state index contributed by atoms with van der Waals surface area (Å²) in [5.41, 5.74) is 3.05. The molecule has 0 heterocycles. The van der Waals surface area contributed by atoms with Gasteiger partial charge in [-0.3, -0.25) is 4.79 Å². The Labute approximate surface area is 155 Å². The molecule has 0 fully saturated rings. The van der Waals surface area contributed by atoms with E-state index in [1.54, 1.807) is 30.2 Å². The van der Waals surface area contributed by atoms with Gasteiger partial charge in [0.2, 0.25) is 15.9 Å². The Morgan fingerprint density at radius 2 is 1.69 bits per heavy atom. The van der Waals surface area contributed by atoms with E-state index in [0.717, 1.165) is 17.5 Å². The fraction of sp³-hybridized carbons (Fsp3) is 0.250. The normalized spacial score (nSPS) is 12.9. The van der Waals surface area contributed by atoms with E-state index in [1.807, 2.05) is 31.2 Å². The summed E-state index contributed by atoms with van der Waals surface area (Å²) in [6.45, 7) is 3.98. The summed E-state index contributed by atoms with van der Waals surface area (Å²) in [4.78, 5) is 14.1. The lowest BCUT2D eigenvalue weighted by Crippen LogP contribution is -2.28. The molecule has 1 amide bonds. The highest BCUT2D eigenvalue weighted by molar-refractivity contribution is 7.89. The first-order valence-electron chi connectivity index (χ1n) is 8.39. The van der Waals surface area contributed by atoms with E-state index in [2.05, 4.69) is 6.92 Å². The van der Waals surface area contributed by atoms with Gasteiger partial charge in [0.1, 0.15) is 0 Å². The maximum atomic E-state index is 12.4. The summed E-state index contributed by atoms with van der Waals surface area (Å²) in [7, 11) is -2.00. The molecule has 0 aromatic heterocycles. The number of hydrogen-bond acceptors (Lipinski definition) is 3. The van der Waals surface area contributed by atoms with Gasteiger partial charge in [-0.2, -0.15) is 0 Å². The molecule has 6 heteroatoms. The molecule has 0 aliphatic carbocycles. The van der Waals surface area contributed by atoms with Gasteiger partial charge in [0.25, 0.3) is 0 Å². The lowest BCUT2D eigenvalue weighted by atomic mass is 10.1. The van der Waals surface area contributed by atoms with E-state index in [9.17, 15) is 13.2 Å². The maximum absolute atomic E-state index is 12.4. The number of carbonyl (C=O) groups excluding carboxylic acids is 1. The molecule has 0 aliphatic rings. The van der Waals surface area contributed by atoms with Gasteiger partial charge < -0.3 is 4.90 Å². The number of nitrogens with two attached hydrogens (primary N) is 1. The van der Waals surface area contributed by atoms with Gasteiger partial charge in [0, 0.05) is 13.1 Å². The van der Waals surface area contributed by atoms with Crippen LogP contribution in [0.3, 0.4) is 0 Å². The van der Waals surface area contributed by atoms with Crippen LogP contribution in [-0.4, -0.2) is 26.3 Å². The van der Waals surface area contributed by atoms with Crippen molar-refractivity contribution in [3.8, 4) is 0 Å². The Balaban J connectivity index is 2.07. The highest BCUT2D eigenvalue weighted by Gasteiger charge is 2.16. The van der Waals surface area contributed by atoms with E-state index in [4.69, 9.17) is 5.14 Å². The molecule has 2 aromatic carbocycles. The van der Waals surface area contributed by atoms with Crippen LogP contribution in [0.25, 0.3) is 6.08 Å². The van der Waals surface area contributed by atoms with Gasteiger partial charge in [0.05, 0.1) is 10.9 Å². The van der Waals surface area contributed by atoms with E-state index in [0.29, 0.717) is 0 Å². The minimum absolute atomic E-state index is 0.0536. The smallest absolute Gasteiger partial charge is 0.246 e. The molecule has 0 aliphatic heterocycles. The van der Waals surface area contributed by atoms with Crippen molar-refractivity contribution in [2.75, 3.05) is 7.05 Å². The molecule has 5 nitrogen and oxygen atoms in total. The molecular formula is C20H24N2O3S. The van der Waals surface area contributed by atoms with Crippen LogP contribution < -0.4 is 5.14 Å². The quantitative estimate of drug-likeness (QED) is 0.791. The number of hydrogen-bond donors (Lipinski definition) is 1. The number of nitrogens with zero attached hydrogens (tertiary/aromatic N) is 1. The number of likely N-dealkylation sites (N-methyl/N-ethyl adjacent to an activating group) is 1. The Morgan fingerprint density at radius 3 is 2.19 bits per heavy atom. The highest BCUT2D eigenvalue weighted by Crippen LogP contribution is 2.21. The van der Waals surface area contributed by atoms with Crippen molar-refractivity contribution in [1.82, 2.24) is 4.90 Å². The molecule has 0 spiro atoms. The Kier molecular flexibility index (Phi) is 6.34. The first-order chi connectivity index (χ1) is 12.2. The molecule has 2 rings (SSSR count). The largest absolute Gasteiger partial charge is 0.335 e. The van der Waals surface area contributed by atoms with Crippen molar-refractivity contribution >= 4 is 22.0 Å². The predicted octanol–water partition coefficient (Wildman–Crippen LogP) is 3.13. The molecule has 26 heavy (non-hydrogen) atoms. The Morgan fingerprint density at radius 1 is 1.12 bits per heavy atom. The topological polar surface area (TPSA) is 80.5 Å². The Hall–Kier alpha value is -2.44. The summed E-state index contributed by atoms with van der Waals surface area (Å²) in [5.74, 6) is -0.132. The summed E-state index contributed by atoms with van der Waals surface area (Å²) >= 11 is 0. The molecule has 0 saturated heterocycles. The van der Waals surface area contributed by atoms with Crippen LogP contribution in [0.5, 0.6) is 0 Å². The van der Waals surface area contributed by atoms with Crippen LogP contribution in [0.15, 0.2) is 59.5 Å². The number of amides is 1. The van der Waals surface area contributed by atoms with Crippen molar-refractivity contribution in [1.29, 1.82) is 0 Å². The lowest BCUT2D eigenvalue weighted by Gasteiger charge is -2.24. The third-order valence-electron chi connectivity index (χ3n) is 4.43. The average molecular weight is 372 g/mol. The zero-order chi connectivity index (χ0) is 19.3. The second-order valence-corrected chi connectivity index (χ2v) is 7.73. The summed E-state index contributed by atoms with van der Waals surface area (Å²) in [6, 6.07) is 14.1. The van der Waals surface area contributed by atoms with Crippen molar-refractivity contribution in [2.45, 2.75) is 31.2 Å². The number of aryl methyl sites for hydroxylation is 1. The fourth-order valence-electron chi connectivity index (χ4n) is 2.50. The molecule has 0 unspecified atom stereocenters. The average Bonchev–Trinajstić information content (AvgIpc) is 2.64. The van der Waals surface area contributed by atoms with Gasteiger partial charge in [-0.1, -0.05) is 43.3 Å². The minimum Gasteiger partial charge on any atom is -0.335 e. The standard InChI is InChI=1S/C20H24N2O3S/c1-4-16-5-7-17(8-6-16)9-14-20(23)22(3)15(2)18-10-12-19(13-11-18)26(21,24)25/h5-15H,4H2,1-3H3,(H2,21,24,25)/b14-9+/t15-/m1/s1. The number of sulfonamides is 1. The van der Waals surface area contributed by atoms with Crippen LogP contribution in [0.1, 0.15) is 36.6 Å². The first kappa shape index (κ1) is 19.9. The zero-order valence-electron chi connectivity index (χ0n) is 15.2. The molecular weight excluding hydrogens is 348 g/mol. The van der Waals surface area contributed by atoms with Crippen molar-refractivity contribution in [3.63, 3.8) is 0 Å². The van der Waals surface area contributed by atoms with E-state index < -0.39 is 10.0 Å². The van der Waals surface area contributed by atoms with E-state index >= 15 is 0 Å². The second kappa shape index (κ2) is 8.29. The van der Waals surface area contributed by atoms with Gasteiger partial charge in [-0.15, -0.1) is 0 Å². The molecule has 138 valence electrons. The highest BCUT2D eigenvalue weighted by atomic mass is 32.2. The van der Waals surface area contributed by atoms with Crippen molar-refractivity contribution in [3.05, 3.63) is 71.3 Å². The van der Waals surface area contributed by atoms with E-state index in [1.165, 1.54) is 23.8 Å². The zero-order valence-corrected chi connectivity index (χ0v) is 16.0. The summed E-state index contributed by atoms with van der Waals surface area (Å²) in [5, 5.41) is 5.10. The van der Waals surface area contributed by atoms with Gasteiger partial charge in [-0.25, -0.2) is 13.6 Å². The summed E-state index contributed by atoms with van der Waals surface area (Å²) in [6.07, 6.45) is 4.30.